The van der Waals surface area contributed by atoms with Gasteiger partial charge in [0.15, 0.2) is 0 Å². The SMILES string of the molecule is BrCC1=CC2CC2C=C1. The monoisotopic (exact) mass is 184 g/mol. The van der Waals surface area contributed by atoms with Gasteiger partial charge in [0.1, 0.15) is 0 Å². The molecule has 9 heavy (non-hydrogen) atoms. The maximum absolute atomic E-state index is 3.44. The van der Waals surface area contributed by atoms with E-state index >= 15 is 0 Å². The van der Waals surface area contributed by atoms with E-state index < -0.39 is 0 Å². The normalized spacial score (nSPS) is 37.7. The van der Waals surface area contributed by atoms with Crippen molar-refractivity contribution in [3.63, 3.8) is 0 Å². The van der Waals surface area contributed by atoms with E-state index in [4.69, 9.17) is 0 Å². The molecule has 48 valence electrons. The highest BCUT2D eigenvalue weighted by atomic mass is 79.9. The van der Waals surface area contributed by atoms with Crippen LogP contribution >= 0.6 is 15.9 Å². The van der Waals surface area contributed by atoms with Crippen LogP contribution in [-0.2, 0) is 0 Å². The molecule has 0 aromatic heterocycles. The molecule has 0 heterocycles. The Morgan fingerprint density at radius 3 is 3.11 bits per heavy atom. The highest BCUT2D eigenvalue weighted by molar-refractivity contribution is 9.09. The molecule has 1 saturated carbocycles. The Balaban J connectivity index is 2.16. The Kier molecular flexibility index (Phi) is 1.26. The van der Waals surface area contributed by atoms with Crippen LogP contribution in [0.4, 0.5) is 0 Å². The van der Waals surface area contributed by atoms with Crippen LogP contribution in [-0.4, -0.2) is 5.33 Å². The first-order valence-electron chi connectivity index (χ1n) is 3.35. The van der Waals surface area contributed by atoms with Crippen LogP contribution < -0.4 is 0 Å². The Morgan fingerprint density at radius 2 is 2.44 bits per heavy atom. The summed E-state index contributed by atoms with van der Waals surface area (Å²) in [5.74, 6) is 1.82. The van der Waals surface area contributed by atoms with Gasteiger partial charge in [0, 0.05) is 5.33 Å². The molecular formula is C8H9Br. The van der Waals surface area contributed by atoms with Crippen LogP contribution in [0.25, 0.3) is 0 Å². The van der Waals surface area contributed by atoms with E-state index in [0.717, 1.165) is 17.2 Å². The van der Waals surface area contributed by atoms with E-state index in [9.17, 15) is 0 Å². The van der Waals surface area contributed by atoms with Crippen LogP contribution in [0.3, 0.4) is 0 Å². The van der Waals surface area contributed by atoms with Gasteiger partial charge in [0.25, 0.3) is 0 Å². The van der Waals surface area contributed by atoms with Crippen molar-refractivity contribution in [3.8, 4) is 0 Å². The second kappa shape index (κ2) is 1.98. The Bertz CT molecular complexity index is 179. The Morgan fingerprint density at radius 1 is 1.56 bits per heavy atom. The van der Waals surface area contributed by atoms with E-state index in [0.29, 0.717) is 0 Å². The second-order valence-corrected chi connectivity index (χ2v) is 3.36. The molecule has 0 aromatic carbocycles. The van der Waals surface area contributed by atoms with Gasteiger partial charge in [-0.25, -0.2) is 0 Å². The number of fused-ring (bicyclic) bond motifs is 1. The minimum absolute atomic E-state index is 0.905. The van der Waals surface area contributed by atoms with Gasteiger partial charge < -0.3 is 0 Å². The zero-order valence-corrected chi connectivity index (χ0v) is 6.76. The number of rotatable bonds is 1. The number of allylic oxidation sites excluding steroid dienone is 4. The average molecular weight is 185 g/mol. The van der Waals surface area contributed by atoms with Gasteiger partial charge in [-0.1, -0.05) is 34.2 Å². The van der Waals surface area contributed by atoms with Gasteiger partial charge in [-0.3, -0.25) is 0 Å². The molecule has 0 spiro atoms. The van der Waals surface area contributed by atoms with Crippen LogP contribution in [0.1, 0.15) is 6.42 Å². The molecule has 0 radical (unpaired) electrons. The molecule has 0 aliphatic heterocycles. The van der Waals surface area contributed by atoms with Crippen molar-refractivity contribution in [2.24, 2.45) is 11.8 Å². The lowest BCUT2D eigenvalue weighted by atomic mass is 10.1. The fourth-order valence-electron chi connectivity index (χ4n) is 1.32. The number of hydrogen-bond acceptors (Lipinski definition) is 0. The number of hydrogen-bond donors (Lipinski definition) is 0. The summed E-state index contributed by atoms with van der Waals surface area (Å²) in [6, 6.07) is 0. The van der Waals surface area contributed by atoms with E-state index in [1.54, 1.807) is 0 Å². The lowest BCUT2D eigenvalue weighted by Gasteiger charge is -1.99. The first-order valence-corrected chi connectivity index (χ1v) is 4.47. The highest BCUT2D eigenvalue weighted by Crippen LogP contribution is 2.44. The zero-order chi connectivity index (χ0) is 6.27. The van der Waals surface area contributed by atoms with E-state index in [2.05, 4.69) is 34.2 Å². The van der Waals surface area contributed by atoms with Crippen molar-refractivity contribution in [1.82, 2.24) is 0 Å². The van der Waals surface area contributed by atoms with Gasteiger partial charge in [-0.2, -0.15) is 0 Å². The largest absolute Gasteiger partial charge is 0.0876 e. The molecule has 0 N–H and O–H groups in total. The third-order valence-corrected chi connectivity index (χ3v) is 2.68. The Labute approximate surface area is 63.8 Å². The molecule has 2 atom stereocenters. The first kappa shape index (κ1) is 5.72. The van der Waals surface area contributed by atoms with Gasteiger partial charge in [-0.15, -0.1) is 0 Å². The minimum Gasteiger partial charge on any atom is -0.0876 e. The molecule has 2 unspecified atom stereocenters. The van der Waals surface area contributed by atoms with Gasteiger partial charge in [0.05, 0.1) is 0 Å². The molecule has 2 aliphatic rings. The number of alkyl halides is 1. The molecule has 1 fully saturated rings. The predicted molar refractivity (Wildman–Crippen MR) is 42.6 cm³/mol. The fraction of sp³-hybridized carbons (Fsp3) is 0.500. The molecular weight excluding hydrogens is 176 g/mol. The molecule has 2 rings (SSSR count). The maximum Gasteiger partial charge on any atom is 0.0279 e. The topological polar surface area (TPSA) is 0 Å². The average Bonchev–Trinajstić information content (AvgIpc) is 2.64. The van der Waals surface area contributed by atoms with Gasteiger partial charge >= 0.3 is 0 Å². The minimum atomic E-state index is 0.905. The summed E-state index contributed by atoms with van der Waals surface area (Å²) >= 11 is 3.44. The molecule has 0 saturated heterocycles. The second-order valence-electron chi connectivity index (χ2n) is 2.80. The predicted octanol–water partition coefficient (Wildman–Crippen LogP) is 2.51. The summed E-state index contributed by atoms with van der Waals surface area (Å²) in [4.78, 5) is 0. The van der Waals surface area contributed by atoms with Crippen molar-refractivity contribution in [2.45, 2.75) is 6.42 Å². The standard InChI is InChI=1S/C8H9Br/c9-5-6-1-2-7-4-8(7)3-6/h1-3,7-8H,4-5H2. The summed E-state index contributed by atoms with van der Waals surface area (Å²) in [6.45, 7) is 0. The van der Waals surface area contributed by atoms with E-state index in [1.807, 2.05) is 0 Å². The Hall–Kier alpha value is -0.0400. The zero-order valence-electron chi connectivity index (χ0n) is 5.18. The maximum atomic E-state index is 3.44. The van der Waals surface area contributed by atoms with Crippen molar-refractivity contribution in [2.75, 3.05) is 5.33 Å². The first-order chi connectivity index (χ1) is 4.40. The smallest absolute Gasteiger partial charge is 0.0279 e. The van der Waals surface area contributed by atoms with Gasteiger partial charge in [0.2, 0.25) is 0 Å². The molecule has 2 aliphatic carbocycles. The van der Waals surface area contributed by atoms with Gasteiger partial charge in [-0.05, 0) is 23.8 Å². The van der Waals surface area contributed by atoms with Crippen molar-refractivity contribution in [3.05, 3.63) is 23.8 Å². The lowest BCUT2D eigenvalue weighted by molar-refractivity contribution is 0.966. The summed E-state index contributed by atoms with van der Waals surface area (Å²) in [6.07, 6.45) is 8.36. The van der Waals surface area contributed by atoms with Crippen LogP contribution in [0.15, 0.2) is 23.8 Å². The lowest BCUT2D eigenvalue weighted by Crippen LogP contribution is -1.87. The van der Waals surface area contributed by atoms with E-state index in [-0.39, 0.29) is 0 Å². The van der Waals surface area contributed by atoms with E-state index in [1.165, 1.54) is 12.0 Å². The summed E-state index contributed by atoms with van der Waals surface area (Å²) < 4.78 is 0. The fourth-order valence-corrected chi connectivity index (χ4v) is 1.69. The van der Waals surface area contributed by atoms with Crippen LogP contribution in [0, 0.1) is 11.8 Å². The molecule has 0 bridgehead atoms. The number of halogens is 1. The van der Waals surface area contributed by atoms with Crippen molar-refractivity contribution < 1.29 is 0 Å². The quantitative estimate of drug-likeness (QED) is 0.550. The van der Waals surface area contributed by atoms with Crippen molar-refractivity contribution in [1.29, 1.82) is 0 Å². The molecule has 0 nitrogen and oxygen atoms in total. The van der Waals surface area contributed by atoms with Crippen LogP contribution in [0.2, 0.25) is 0 Å². The highest BCUT2D eigenvalue weighted by Gasteiger charge is 2.34. The molecule has 1 heteroatoms. The third kappa shape index (κ3) is 0.983. The summed E-state index contributed by atoms with van der Waals surface area (Å²) in [5.41, 5.74) is 1.45. The molecule has 0 amide bonds. The summed E-state index contributed by atoms with van der Waals surface area (Å²) in [7, 11) is 0. The van der Waals surface area contributed by atoms with Crippen LogP contribution in [0.5, 0.6) is 0 Å². The molecule has 0 aromatic rings. The third-order valence-electron chi connectivity index (χ3n) is 2.03. The summed E-state index contributed by atoms with van der Waals surface area (Å²) in [5, 5.41) is 1.02. The van der Waals surface area contributed by atoms with Crippen molar-refractivity contribution >= 4 is 15.9 Å².